The Hall–Kier alpha value is -3.32. The molecule has 8 heteroatoms. The Labute approximate surface area is 167 Å². The number of amides is 1. The fourth-order valence-electron chi connectivity index (χ4n) is 2.31. The number of aromatic nitrogens is 2. The molecule has 2 aromatic carbocycles. The fourth-order valence-corrected chi connectivity index (χ4v) is 2.50. The predicted octanol–water partition coefficient (Wildman–Crippen LogP) is 3.69. The van der Waals surface area contributed by atoms with Crippen LogP contribution in [0.15, 0.2) is 60.9 Å². The van der Waals surface area contributed by atoms with Crippen LogP contribution in [0.1, 0.15) is 10.4 Å². The van der Waals surface area contributed by atoms with Crippen molar-refractivity contribution in [2.24, 2.45) is 0 Å². The maximum atomic E-state index is 12.2. The van der Waals surface area contributed by atoms with Gasteiger partial charge in [-0.1, -0.05) is 17.7 Å². The highest BCUT2D eigenvalue weighted by Crippen LogP contribution is 2.18. The molecule has 1 amide bonds. The molecule has 7 nitrogen and oxygen atoms in total. The summed E-state index contributed by atoms with van der Waals surface area (Å²) < 4.78 is 10.7. The third-order valence-electron chi connectivity index (χ3n) is 3.71. The molecule has 0 bridgehead atoms. The monoisotopic (exact) mass is 398 g/mol. The van der Waals surface area contributed by atoms with Gasteiger partial charge >= 0.3 is 0 Å². The van der Waals surface area contributed by atoms with E-state index in [1.54, 1.807) is 31.4 Å². The molecule has 144 valence electrons. The number of hydrogen-bond donors (Lipinski definition) is 2. The molecule has 28 heavy (non-hydrogen) atoms. The summed E-state index contributed by atoms with van der Waals surface area (Å²) in [6, 6.07) is 14.4. The lowest BCUT2D eigenvalue weighted by molar-refractivity contribution is 0.0946. The van der Waals surface area contributed by atoms with Gasteiger partial charge in [-0.05, 0) is 42.5 Å². The number of anilines is 2. The Bertz CT molecular complexity index is 917. The minimum Gasteiger partial charge on any atom is -0.497 e. The summed E-state index contributed by atoms with van der Waals surface area (Å²) in [5, 5.41) is 6.39. The average molecular weight is 399 g/mol. The maximum absolute atomic E-state index is 12.2. The van der Waals surface area contributed by atoms with E-state index in [-0.39, 0.29) is 5.91 Å². The zero-order valence-electron chi connectivity index (χ0n) is 15.2. The van der Waals surface area contributed by atoms with Crippen LogP contribution in [0.25, 0.3) is 0 Å². The summed E-state index contributed by atoms with van der Waals surface area (Å²) in [4.78, 5) is 20.4. The minimum absolute atomic E-state index is 0.271. The van der Waals surface area contributed by atoms with Crippen LogP contribution >= 0.6 is 11.6 Å². The van der Waals surface area contributed by atoms with E-state index >= 15 is 0 Å². The summed E-state index contributed by atoms with van der Waals surface area (Å²) in [5.74, 6) is 1.57. The summed E-state index contributed by atoms with van der Waals surface area (Å²) in [7, 11) is 1.61. The molecule has 0 spiro atoms. The van der Waals surface area contributed by atoms with Crippen molar-refractivity contribution in [2.45, 2.75) is 0 Å². The first-order valence-electron chi connectivity index (χ1n) is 8.54. The van der Waals surface area contributed by atoms with Gasteiger partial charge in [-0.15, -0.1) is 0 Å². The second-order valence-corrected chi connectivity index (χ2v) is 6.15. The Balaban J connectivity index is 1.45. The van der Waals surface area contributed by atoms with Crippen molar-refractivity contribution in [1.29, 1.82) is 0 Å². The molecule has 0 radical (unpaired) electrons. The van der Waals surface area contributed by atoms with Crippen LogP contribution in [0.3, 0.4) is 0 Å². The smallest absolute Gasteiger partial charge is 0.254 e. The number of hydrogen-bond acceptors (Lipinski definition) is 6. The average Bonchev–Trinajstić information content (AvgIpc) is 2.72. The Morgan fingerprint density at radius 1 is 1.07 bits per heavy atom. The maximum Gasteiger partial charge on any atom is 0.254 e. The lowest BCUT2D eigenvalue weighted by Crippen LogP contribution is -2.28. The molecule has 3 rings (SSSR count). The van der Waals surface area contributed by atoms with Crippen molar-refractivity contribution < 1.29 is 14.3 Å². The molecule has 1 aromatic heterocycles. The highest BCUT2D eigenvalue weighted by molar-refractivity contribution is 6.30. The number of ether oxygens (including phenoxy) is 2. The topological polar surface area (TPSA) is 85.4 Å². The van der Waals surface area contributed by atoms with Crippen LogP contribution in [0.4, 0.5) is 11.6 Å². The molecule has 0 aliphatic heterocycles. The first-order valence-corrected chi connectivity index (χ1v) is 8.91. The van der Waals surface area contributed by atoms with E-state index in [0.717, 1.165) is 11.4 Å². The van der Waals surface area contributed by atoms with E-state index < -0.39 is 0 Å². The van der Waals surface area contributed by atoms with Gasteiger partial charge in [0.15, 0.2) is 0 Å². The van der Waals surface area contributed by atoms with E-state index in [0.29, 0.717) is 35.4 Å². The van der Waals surface area contributed by atoms with Crippen molar-refractivity contribution in [1.82, 2.24) is 15.3 Å². The second-order valence-electron chi connectivity index (χ2n) is 5.71. The molecular formula is C20H19ClN4O3. The van der Waals surface area contributed by atoms with Crippen molar-refractivity contribution in [3.8, 4) is 11.5 Å². The van der Waals surface area contributed by atoms with Crippen molar-refractivity contribution in [2.75, 3.05) is 25.6 Å². The van der Waals surface area contributed by atoms with Crippen LogP contribution in [0.5, 0.6) is 11.5 Å². The van der Waals surface area contributed by atoms with Gasteiger partial charge in [0.05, 0.1) is 19.2 Å². The molecule has 0 saturated carbocycles. The summed E-state index contributed by atoms with van der Waals surface area (Å²) >= 11 is 5.94. The van der Waals surface area contributed by atoms with E-state index in [1.165, 1.54) is 12.4 Å². The molecule has 0 unspecified atom stereocenters. The molecule has 3 aromatic rings. The second kappa shape index (κ2) is 9.57. The van der Waals surface area contributed by atoms with Crippen LogP contribution < -0.4 is 20.1 Å². The number of nitrogens with zero attached hydrogens (tertiary/aromatic N) is 2. The number of carbonyl (C=O) groups is 1. The molecule has 0 atom stereocenters. The van der Waals surface area contributed by atoms with Crippen molar-refractivity contribution in [3.63, 3.8) is 0 Å². The van der Waals surface area contributed by atoms with E-state index in [9.17, 15) is 4.79 Å². The molecule has 0 aliphatic rings. The van der Waals surface area contributed by atoms with Gasteiger partial charge in [-0.3, -0.25) is 4.79 Å². The molecule has 0 fully saturated rings. The van der Waals surface area contributed by atoms with Gasteiger partial charge in [-0.2, -0.15) is 0 Å². The third kappa shape index (κ3) is 5.59. The summed E-state index contributed by atoms with van der Waals surface area (Å²) in [6.45, 7) is 0.695. The number of nitrogens with one attached hydrogen (secondary N) is 2. The van der Waals surface area contributed by atoms with Crippen molar-refractivity contribution in [3.05, 3.63) is 71.5 Å². The SMILES string of the molecule is COc1ccc(OCCNC(=O)c2cnc(Nc3cccc(Cl)c3)nc2)cc1. The lowest BCUT2D eigenvalue weighted by atomic mass is 10.3. The molecule has 1 heterocycles. The van der Waals surface area contributed by atoms with Gasteiger partial charge in [-0.25, -0.2) is 9.97 Å². The standard InChI is InChI=1S/C20H19ClN4O3/c1-27-17-5-7-18(8-6-17)28-10-9-22-19(26)14-12-23-20(24-13-14)25-16-4-2-3-15(21)11-16/h2-8,11-13H,9-10H2,1H3,(H,22,26)(H,23,24,25). The largest absolute Gasteiger partial charge is 0.497 e. The predicted molar refractivity (Wildman–Crippen MR) is 108 cm³/mol. The molecule has 0 saturated heterocycles. The zero-order chi connectivity index (χ0) is 19.8. The first kappa shape index (κ1) is 19.4. The number of benzene rings is 2. The highest BCUT2D eigenvalue weighted by Gasteiger charge is 2.07. The normalized spacial score (nSPS) is 10.2. The van der Waals surface area contributed by atoms with E-state index in [4.69, 9.17) is 21.1 Å². The van der Waals surface area contributed by atoms with E-state index in [2.05, 4.69) is 20.6 Å². The number of methoxy groups -OCH3 is 1. The molecule has 0 aliphatic carbocycles. The van der Waals surface area contributed by atoms with Crippen LogP contribution in [0.2, 0.25) is 5.02 Å². The van der Waals surface area contributed by atoms with E-state index in [1.807, 2.05) is 24.3 Å². The summed E-state index contributed by atoms with van der Waals surface area (Å²) in [6.07, 6.45) is 2.92. The van der Waals surface area contributed by atoms with Gasteiger partial charge in [0, 0.05) is 23.1 Å². The van der Waals surface area contributed by atoms with Crippen LogP contribution in [0, 0.1) is 0 Å². The lowest BCUT2D eigenvalue weighted by Gasteiger charge is -2.09. The molecular weight excluding hydrogens is 380 g/mol. The first-order chi connectivity index (χ1) is 13.6. The van der Waals surface area contributed by atoms with Gasteiger partial charge in [0.1, 0.15) is 18.1 Å². The Kier molecular flexibility index (Phi) is 6.64. The fraction of sp³-hybridized carbons (Fsp3) is 0.150. The zero-order valence-corrected chi connectivity index (χ0v) is 15.9. The quantitative estimate of drug-likeness (QED) is 0.563. The van der Waals surface area contributed by atoms with Gasteiger partial charge in [0.25, 0.3) is 5.91 Å². The summed E-state index contributed by atoms with van der Waals surface area (Å²) in [5.41, 5.74) is 1.13. The number of carbonyl (C=O) groups excluding carboxylic acids is 1. The number of halogens is 1. The third-order valence-corrected chi connectivity index (χ3v) is 3.95. The van der Waals surface area contributed by atoms with Crippen molar-refractivity contribution >= 4 is 29.1 Å². The van der Waals surface area contributed by atoms with Crippen LogP contribution in [-0.4, -0.2) is 36.1 Å². The van der Waals surface area contributed by atoms with Gasteiger partial charge in [0.2, 0.25) is 5.95 Å². The van der Waals surface area contributed by atoms with Crippen LogP contribution in [-0.2, 0) is 0 Å². The number of rotatable bonds is 8. The minimum atomic E-state index is -0.271. The van der Waals surface area contributed by atoms with Gasteiger partial charge < -0.3 is 20.1 Å². The Morgan fingerprint density at radius 2 is 1.79 bits per heavy atom. The Morgan fingerprint density at radius 3 is 2.46 bits per heavy atom. The highest BCUT2D eigenvalue weighted by atomic mass is 35.5. The molecule has 2 N–H and O–H groups in total.